The molecule has 2 rings (SSSR count). The molecule has 2 unspecified atom stereocenters. The molecule has 2 N–H and O–H groups in total. The van der Waals surface area contributed by atoms with Gasteiger partial charge in [-0.25, -0.2) is 0 Å². The highest BCUT2D eigenvalue weighted by Gasteiger charge is 2.44. The summed E-state index contributed by atoms with van der Waals surface area (Å²) >= 11 is 0. The van der Waals surface area contributed by atoms with Gasteiger partial charge < -0.3 is 10.4 Å². The number of hydrogen-bond acceptors (Lipinski definition) is 2. The van der Waals surface area contributed by atoms with Crippen molar-refractivity contribution in [3.8, 4) is 0 Å². The predicted molar refractivity (Wildman–Crippen MR) is 57.8 cm³/mol. The number of hydrogen-bond donors (Lipinski definition) is 2. The van der Waals surface area contributed by atoms with Crippen molar-refractivity contribution in [1.29, 1.82) is 0 Å². The van der Waals surface area contributed by atoms with Gasteiger partial charge in [-0.3, -0.25) is 4.79 Å². The fourth-order valence-corrected chi connectivity index (χ4v) is 2.31. The Morgan fingerprint density at radius 1 is 1.47 bits per heavy atom. The van der Waals surface area contributed by atoms with Crippen LogP contribution in [-0.4, -0.2) is 24.2 Å². The number of carboxylic acids is 1. The Kier molecular flexibility index (Phi) is 2.49. The van der Waals surface area contributed by atoms with Gasteiger partial charge in [-0.2, -0.15) is 0 Å². The van der Waals surface area contributed by atoms with Gasteiger partial charge >= 0.3 is 5.97 Å². The quantitative estimate of drug-likeness (QED) is 0.764. The number of carboxylic acid groups (broad SMARTS) is 1. The molecule has 0 aliphatic carbocycles. The van der Waals surface area contributed by atoms with Crippen LogP contribution in [0.1, 0.15) is 12.5 Å². The SMILES string of the molecule is CC1(c2ccccc2)CNCC1C(=O)O. The van der Waals surface area contributed by atoms with Gasteiger partial charge in [0.2, 0.25) is 0 Å². The first-order chi connectivity index (χ1) is 7.14. The molecule has 3 nitrogen and oxygen atoms in total. The Bertz CT molecular complexity index is 363. The van der Waals surface area contributed by atoms with E-state index in [0.29, 0.717) is 6.54 Å². The minimum atomic E-state index is -0.716. The first-order valence-electron chi connectivity index (χ1n) is 5.13. The second-order valence-corrected chi connectivity index (χ2v) is 4.31. The fourth-order valence-electron chi connectivity index (χ4n) is 2.31. The van der Waals surface area contributed by atoms with E-state index in [1.807, 2.05) is 37.3 Å². The lowest BCUT2D eigenvalue weighted by molar-refractivity contribution is -0.142. The second-order valence-electron chi connectivity index (χ2n) is 4.31. The van der Waals surface area contributed by atoms with Gasteiger partial charge in [0, 0.05) is 18.5 Å². The summed E-state index contributed by atoms with van der Waals surface area (Å²) in [5, 5.41) is 12.3. The number of benzene rings is 1. The van der Waals surface area contributed by atoms with E-state index >= 15 is 0 Å². The van der Waals surface area contributed by atoms with Crippen LogP contribution in [0.4, 0.5) is 0 Å². The van der Waals surface area contributed by atoms with Crippen LogP contribution in [0.25, 0.3) is 0 Å². The largest absolute Gasteiger partial charge is 0.481 e. The molecule has 1 aliphatic heterocycles. The molecule has 80 valence electrons. The van der Waals surface area contributed by atoms with Crippen LogP contribution in [0, 0.1) is 5.92 Å². The molecule has 1 aliphatic rings. The average molecular weight is 205 g/mol. The average Bonchev–Trinajstić information content (AvgIpc) is 2.63. The molecule has 0 spiro atoms. The van der Waals surface area contributed by atoms with Gasteiger partial charge in [0.15, 0.2) is 0 Å². The first-order valence-corrected chi connectivity index (χ1v) is 5.13. The van der Waals surface area contributed by atoms with Crippen LogP contribution in [-0.2, 0) is 10.2 Å². The summed E-state index contributed by atoms with van der Waals surface area (Å²) in [4.78, 5) is 11.2. The van der Waals surface area contributed by atoms with Gasteiger partial charge in [-0.15, -0.1) is 0 Å². The van der Waals surface area contributed by atoms with Gasteiger partial charge in [-0.05, 0) is 5.56 Å². The molecule has 0 saturated carbocycles. The number of nitrogens with one attached hydrogen (secondary N) is 1. The summed E-state index contributed by atoms with van der Waals surface area (Å²) in [5.74, 6) is -1.05. The first kappa shape index (κ1) is 10.2. The van der Waals surface area contributed by atoms with Crippen LogP contribution in [0.15, 0.2) is 30.3 Å². The number of rotatable bonds is 2. The van der Waals surface area contributed by atoms with Gasteiger partial charge in [0.1, 0.15) is 0 Å². The van der Waals surface area contributed by atoms with E-state index in [1.54, 1.807) is 0 Å². The molecule has 15 heavy (non-hydrogen) atoms. The Hall–Kier alpha value is -1.35. The minimum absolute atomic E-state index is 0.285. The summed E-state index contributed by atoms with van der Waals surface area (Å²) in [6.45, 7) is 3.30. The Labute approximate surface area is 89.1 Å². The maximum absolute atomic E-state index is 11.2. The molecule has 1 saturated heterocycles. The maximum Gasteiger partial charge on any atom is 0.308 e. The molecular formula is C12H15NO2. The summed E-state index contributed by atoms with van der Waals surface area (Å²) in [6, 6.07) is 9.87. The molecular weight excluding hydrogens is 190 g/mol. The highest BCUT2D eigenvalue weighted by atomic mass is 16.4. The Balaban J connectivity index is 2.37. The lowest BCUT2D eigenvalue weighted by Crippen LogP contribution is -2.36. The molecule has 1 fully saturated rings. The summed E-state index contributed by atoms with van der Waals surface area (Å²) in [5.41, 5.74) is 0.815. The highest BCUT2D eigenvalue weighted by molar-refractivity contribution is 5.73. The van der Waals surface area contributed by atoms with Crippen molar-refractivity contribution in [3.05, 3.63) is 35.9 Å². The van der Waals surface area contributed by atoms with Crippen LogP contribution in [0.5, 0.6) is 0 Å². The van der Waals surface area contributed by atoms with E-state index in [1.165, 1.54) is 0 Å². The van der Waals surface area contributed by atoms with Gasteiger partial charge in [0.05, 0.1) is 5.92 Å². The summed E-state index contributed by atoms with van der Waals surface area (Å²) in [7, 11) is 0. The van der Waals surface area contributed by atoms with Crippen molar-refractivity contribution < 1.29 is 9.90 Å². The maximum atomic E-state index is 11.2. The van der Waals surface area contributed by atoms with E-state index < -0.39 is 5.97 Å². The normalized spacial score (nSPS) is 30.3. The smallest absolute Gasteiger partial charge is 0.308 e. The Morgan fingerprint density at radius 3 is 2.73 bits per heavy atom. The molecule has 0 amide bonds. The lowest BCUT2D eigenvalue weighted by Gasteiger charge is -2.28. The molecule has 0 aromatic heterocycles. The van der Waals surface area contributed by atoms with E-state index in [0.717, 1.165) is 12.1 Å². The highest BCUT2D eigenvalue weighted by Crippen LogP contribution is 2.35. The van der Waals surface area contributed by atoms with Gasteiger partial charge in [-0.1, -0.05) is 37.3 Å². The van der Waals surface area contributed by atoms with E-state index in [2.05, 4.69) is 5.32 Å². The van der Waals surface area contributed by atoms with Crippen molar-refractivity contribution in [1.82, 2.24) is 5.32 Å². The van der Waals surface area contributed by atoms with E-state index in [4.69, 9.17) is 0 Å². The second kappa shape index (κ2) is 3.66. The van der Waals surface area contributed by atoms with Gasteiger partial charge in [0.25, 0.3) is 0 Å². The standard InChI is InChI=1S/C12H15NO2/c1-12(9-5-3-2-4-6-9)8-13-7-10(12)11(14)15/h2-6,10,13H,7-8H2,1H3,(H,14,15). The minimum Gasteiger partial charge on any atom is -0.481 e. The van der Waals surface area contributed by atoms with E-state index in [-0.39, 0.29) is 11.3 Å². The third-order valence-corrected chi connectivity index (χ3v) is 3.34. The van der Waals surface area contributed by atoms with Crippen molar-refractivity contribution in [2.24, 2.45) is 5.92 Å². The third kappa shape index (κ3) is 1.63. The number of aliphatic carboxylic acids is 1. The predicted octanol–water partition coefficient (Wildman–Crippen LogP) is 1.25. The summed E-state index contributed by atoms with van der Waals surface area (Å²) in [6.07, 6.45) is 0. The van der Waals surface area contributed by atoms with Crippen molar-refractivity contribution >= 4 is 5.97 Å². The summed E-state index contributed by atoms with van der Waals surface area (Å²) < 4.78 is 0. The molecule has 1 heterocycles. The molecule has 3 heteroatoms. The zero-order valence-electron chi connectivity index (χ0n) is 8.73. The zero-order chi connectivity index (χ0) is 10.9. The van der Waals surface area contributed by atoms with Crippen LogP contribution < -0.4 is 5.32 Å². The molecule has 1 aromatic carbocycles. The molecule has 0 radical (unpaired) electrons. The Morgan fingerprint density at radius 2 is 2.13 bits per heavy atom. The zero-order valence-corrected chi connectivity index (χ0v) is 8.73. The van der Waals surface area contributed by atoms with Crippen molar-refractivity contribution in [2.75, 3.05) is 13.1 Å². The fraction of sp³-hybridized carbons (Fsp3) is 0.417. The third-order valence-electron chi connectivity index (χ3n) is 3.34. The molecule has 0 bridgehead atoms. The van der Waals surface area contributed by atoms with Crippen molar-refractivity contribution in [2.45, 2.75) is 12.3 Å². The van der Waals surface area contributed by atoms with Crippen molar-refractivity contribution in [3.63, 3.8) is 0 Å². The lowest BCUT2D eigenvalue weighted by atomic mass is 9.74. The molecule has 1 aromatic rings. The van der Waals surface area contributed by atoms with Crippen LogP contribution in [0.3, 0.4) is 0 Å². The van der Waals surface area contributed by atoms with Crippen LogP contribution in [0.2, 0.25) is 0 Å². The number of carbonyl (C=O) groups is 1. The van der Waals surface area contributed by atoms with E-state index in [9.17, 15) is 9.90 Å². The monoisotopic (exact) mass is 205 g/mol. The van der Waals surface area contributed by atoms with Crippen LogP contribution >= 0.6 is 0 Å². The topological polar surface area (TPSA) is 49.3 Å². The molecule has 2 atom stereocenters.